The van der Waals surface area contributed by atoms with Crippen LogP contribution in [0.25, 0.3) is 0 Å². The molecule has 202 valence electrons. The predicted octanol–water partition coefficient (Wildman–Crippen LogP) is -2.50. The number of amides is 2. The van der Waals surface area contributed by atoms with E-state index in [1.165, 1.54) is 26.2 Å². The van der Waals surface area contributed by atoms with Crippen molar-refractivity contribution in [1.29, 1.82) is 0 Å². The summed E-state index contributed by atoms with van der Waals surface area (Å²) in [5.74, 6) is -1.03. The van der Waals surface area contributed by atoms with Crippen molar-refractivity contribution in [3.05, 3.63) is 29.8 Å². The Morgan fingerprint density at radius 3 is 2.28 bits per heavy atom. The van der Waals surface area contributed by atoms with Crippen LogP contribution in [0.15, 0.2) is 24.3 Å². The lowest BCUT2D eigenvalue weighted by Gasteiger charge is -2.47. The summed E-state index contributed by atoms with van der Waals surface area (Å²) >= 11 is 0. The molecule has 0 aromatic heterocycles. The van der Waals surface area contributed by atoms with Crippen molar-refractivity contribution in [2.24, 2.45) is 0 Å². The van der Waals surface area contributed by atoms with Gasteiger partial charge in [0.2, 0.25) is 5.91 Å². The maximum absolute atomic E-state index is 12.9. The number of aromatic hydroxyl groups is 1. The number of benzene rings is 1. The summed E-state index contributed by atoms with van der Waals surface area (Å²) in [6, 6.07) is 5.26. The maximum Gasteiger partial charge on any atom is 0.252 e. The fourth-order valence-electron chi connectivity index (χ4n) is 4.36. The van der Waals surface area contributed by atoms with Crippen LogP contribution in [0.5, 0.6) is 5.75 Å². The number of aliphatic hydroxyl groups is 4. The standard InChI is InChI=1S/C23H34N2O11/c1-10-15(25-11(2)27)19(16(29)14(9-26)34-10)35-23-18(31)17(30)20(33-3)21(36-23)22(32)24-8-12-4-6-13(28)7-5-12/h4-7,10,14-21,23,26,28-31H,8-9H2,1-3H3,(H,24,32)(H,25,27). The second kappa shape index (κ2) is 12.3. The van der Waals surface area contributed by atoms with Gasteiger partial charge >= 0.3 is 0 Å². The first-order valence-electron chi connectivity index (χ1n) is 11.5. The normalized spacial score (nSPS) is 36.8. The van der Waals surface area contributed by atoms with E-state index < -0.39 is 79.6 Å². The summed E-state index contributed by atoms with van der Waals surface area (Å²) in [4.78, 5) is 24.7. The zero-order valence-corrected chi connectivity index (χ0v) is 20.2. The molecule has 3 rings (SSSR count). The number of ether oxygens (including phenoxy) is 4. The Balaban J connectivity index is 1.78. The number of rotatable bonds is 8. The van der Waals surface area contributed by atoms with Gasteiger partial charge in [-0.15, -0.1) is 0 Å². The van der Waals surface area contributed by atoms with Crippen molar-refractivity contribution >= 4 is 11.8 Å². The van der Waals surface area contributed by atoms with E-state index in [9.17, 15) is 35.1 Å². The quantitative estimate of drug-likeness (QED) is 0.194. The first-order chi connectivity index (χ1) is 17.1. The molecule has 2 aliphatic rings. The first kappa shape index (κ1) is 28.2. The second-order valence-electron chi connectivity index (χ2n) is 8.87. The molecule has 0 spiro atoms. The minimum Gasteiger partial charge on any atom is -0.508 e. The lowest BCUT2D eigenvalue weighted by molar-refractivity contribution is -0.325. The summed E-state index contributed by atoms with van der Waals surface area (Å²) in [5.41, 5.74) is 0.687. The van der Waals surface area contributed by atoms with Gasteiger partial charge in [-0.2, -0.15) is 0 Å². The molecule has 1 aromatic carbocycles. The molecule has 2 saturated heterocycles. The highest BCUT2D eigenvalue weighted by Crippen LogP contribution is 2.30. The van der Waals surface area contributed by atoms with E-state index in [1.807, 2.05) is 0 Å². The van der Waals surface area contributed by atoms with Gasteiger partial charge in [0, 0.05) is 20.6 Å². The van der Waals surface area contributed by atoms with Gasteiger partial charge in [0.15, 0.2) is 12.4 Å². The Bertz CT molecular complexity index is 885. The van der Waals surface area contributed by atoms with Crippen molar-refractivity contribution in [1.82, 2.24) is 10.6 Å². The largest absolute Gasteiger partial charge is 0.508 e. The molecule has 10 unspecified atom stereocenters. The summed E-state index contributed by atoms with van der Waals surface area (Å²) < 4.78 is 22.3. The molecular weight excluding hydrogens is 480 g/mol. The van der Waals surface area contributed by atoms with Crippen LogP contribution in [0.2, 0.25) is 0 Å². The Morgan fingerprint density at radius 1 is 1.03 bits per heavy atom. The molecule has 0 bridgehead atoms. The molecule has 2 amide bonds. The highest BCUT2D eigenvalue weighted by molar-refractivity contribution is 5.81. The van der Waals surface area contributed by atoms with Gasteiger partial charge in [0.05, 0.1) is 18.8 Å². The SMILES string of the molecule is COC1C(C(=O)NCc2ccc(O)cc2)OC(OC2C(O)C(CO)OC(C)C2NC(C)=O)C(O)C1O. The number of nitrogens with one attached hydrogen (secondary N) is 2. The minimum atomic E-state index is -1.67. The van der Waals surface area contributed by atoms with E-state index in [-0.39, 0.29) is 12.3 Å². The topological polar surface area (TPSA) is 196 Å². The summed E-state index contributed by atoms with van der Waals surface area (Å²) in [6.45, 7) is 2.42. The number of aliphatic hydroxyl groups excluding tert-OH is 4. The third-order valence-electron chi connectivity index (χ3n) is 6.29. The van der Waals surface area contributed by atoms with Crippen LogP contribution in [0.4, 0.5) is 0 Å². The number of carbonyl (C=O) groups excluding carboxylic acids is 2. The van der Waals surface area contributed by atoms with Gasteiger partial charge in [-0.1, -0.05) is 12.1 Å². The van der Waals surface area contributed by atoms with E-state index in [0.29, 0.717) is 5.56 Å². The predicted molar refractivity (Wildman–Crippen MR) is 121 cm³/mol. The fraction of sp³-hybridized carbons (Fsp3) is 0.652. The van der Waals surface area contributed by atoms with Gasteiger partial charge in [0.1, 0.15) is 42.4 Å². The van der Waals surface area contributed by atoms with Crippen molar-refractivity contribution in [3.63, 3.8) is 0 Å². The van der Waals surface area contributed by atoms with Crippen molar-refractivity contribution < 1.29 is 54.1 Å². The van der Waals surface area contributed by atoms with E-state index >= 15 is 0 Å². The Morgan fingerprint density at radius 2 is 1.69 bits per heavy atom. The third-order valence-corrected chi connectivity index (χ3v) is 6.29. The number of hydrogen-bond donors (Lipinski definition) is 7. The van der Waals surface area contributed by atoms with Crippen LogP contribution in [0, 0.1) is 0 Å². The number of carbonyl (C=O) groups is 2. The molecule has 13 nitrogen and oxygen atoms in total. The van der Waals surface area contributed by atoms with E-state index in [2.05, 4.69) is 10.6 Å². The van der Waals surface area contributed by atoms with Crippen molar-refractivity contribution in [2.45, 2.75) is 81.6 Å². The highest BCUT2D eigenvalue weighted by atomic mass is 16.7. The molecular formula is C23H34N2O11. The summed E-state index contributed by atoms with van der Waals surface area (Å²) in [7, 11) is 1.24. The second-order valence-corrected chi connectivity index (χ2v) is 8.87. The highest BCUT2D eigenvalue weighted by Gasteiger charge is 2.52. The van der Waals surface area contributed by atoms with Crippen LogP contribution < -0.4 is 10.6 Å². The number of hydrogen-bond acceptors (Lipinski definition) is 11. The van der Waals surface area contributed by atoms with Gasteiger partial charge in [0.25, 0.3) is 5.91 Å². The van der Waals surface area contributed by atoms with Crippen LogP contribution in [0.3, 0.4) is 0 Å². The van der Waals surface area contributed by atoms with Crippen LogP contribution in [-0.4, -0.2) is 112 Å². The van der Waals surface area contributed by atoms with E-state index in [4.69, 9.17) is 18.9 Å². The van der Waals surface area contributed by atoms with E-state index in [1.54, 1.807) is 19.1 Å². The first-order valence-corrected chi connectivity index (χ1v) is 11.5. The number of phenols is 1. The lowest BCUT2D eigenvalue weighted by Crippen LogP contribution is -2.68. The van der Waals surface area contributed by atoms with Gasteiger partial charge < -0.3 is 55.1 Å². The molecule has 10 atom stereocenters. The molecule has 36 heavy (non-hydrogen) atoms. The molecule has 2 fully saturated rings. The molecule has 2 aliphatic heterocycles. The van der Waals surface area contributed by atoms with Crippen molar-refractivity contribution in [2.75, 3.05) is 13.7 Å². The summed E-state index contributed by atoms with van der Waals surface area (Å²) in [5, 5.41) is 56.3. The van der Waals surface area contributed by atoms with Gasteiger partial charge in [-0.05, 0) is 24.6 Å². The van der Waals surface area contributed by atoms with Gasteiger partial charge in [-0.25, -0.2) is 0 Å². The Labute approximate surface area is 207 Å². The smallest absolute Gasteiger partial charge is 0.252 e. The number of phenolic OH excluding ortho intramolecular Hbond substituents is 1. The Kier molecular flexibility index (Phi) is 9.60. The molecule has 13 heteroatoms. The monoisotopic (exact) mass is 514 g/mol. The van der Waals surface area contributed by atoms with E-state index in [0.717, 1.165) is 0 Å². The lowest BCUT2D eigenvalue weighted by atomic mass is 9.92. The molecule has 0 saturated carbocycles. The summed E-state index contributed by atoms with van der Waals surface area (Å²) in [6.07, 6.45) is -11.9. The molecule has 1 aromatic rings. The zero-order valence-electron chi connectivity index (χ0n) is 20.2. The maximum atomic E-state index is 12.9. The molecule has 2 heterocycles. The van der Waals surface area contributed by atoms with Crippen LogP contribution in [-0.2, 0) is 35.1 Å². The zero-order chi connectivity index (χ0) is 26.6. The molecule has 0 radical (unpaired) electrons. The average Bonchev–Trinajstić information content (AvgIpc) is 2.84. The Hall–Kier alpha value is -2.36. The molecule has 0 aliphatic carbocycles. The minimum absolute atomic E-state index is 0.0721. The van der Waals surface area contributed by atoms with Crippen LogP contribution in [0.1, 0.15) is 19.4 Å². The van der Waals surface area contributed by atoms with Crippen molar-refractivity contribution in [3.8, 4) is 5.75 Å². The average molecular weight is 515 g/mol. The van der Waals surface area contributed by atoms with Gasteiger partial charge in [-0.3, -0.25) is 9.59 Å². The van der Waals surface area contributed by atoms with Crippen LogP contribution >= 0.6 is 0 Å². The number of methoxy groups -OCH3 is 1. The molecule has 7 N–H and O–H groups in total. The fourth-order valence-corrected chi connectivity index (χ4v) is 4.36. The third kappa shape index (κ3) is 6.30.